The van der Waals surface area contributed by atoms with Gasteiger partial charge in [-0.2, -0.15) is 0 Å². The third kappa shape index (κ3) is 5.85. The zero-order valence-corrected chi connectivity index (χ0v) is 16.9. The van der Waals surface area contributed by atoms with Crippen molar-refractivity contribution in [1.29, 1.82) is 0 Å². The molecule has 0 radical (unpaired) electrons. The molecule has 1 aliphatic rings. The number of amides is 2. The number of nitrogens with one attached hydrogen (secondary N) is 2. The predicted molar refractivity (Wildman–Crippen MR) is 103 cm³/mol. The topological polar surface area (TPSA) is 105 Å². The van der Waals surface area contributed by atoms with Gasteiger partial charge in [-0.05, 0) is 45.7 Å². The zero-order chi connectivity index (χ0) is 20.2. The minimum Gasteiger partial charge on any atom is -0.444 e. The fourth-order valence-corrected chi connectivity index (χ4v) is 4.14. The van der Waals surface area contributed by atoms with Gasteiger partial charge in [-0.3, -0.25) is 9.10 Å². The summed E-state index contributed by atoms with van der Waals surface area (Å²) in [6, 6.07) is 6.55. The fraction of sp³-hybridized carbons (Fsp3) is 0.556. The first-order valence-corrected chi connectivity index (χ1v) is 10.5. The van der Waals surface area contributed by atoms with Gasteiger partial charge >= 0.3 is 6.09 Å². The van der Waals surface area contributed by atoms with Crippen molar-refractivity contribution >= 4 is 27.7 Å². The van der Waals surface area contributed by atoms with Gasteiger partial charge in [-0.1, -0.05) is 18.2 Å². The van der Waals surface area contributed by atoms with Crippen LogP contribution in [0.5, 0.6) is 0 Å². The van der Waals surface area contributed by atoms with E-state index in [1.165, 1.54) is 11.2 Å². The molecule has 0 aliphatic carbocycles. The molecule has 8 nitrogen and oxygen atoms in total. The van der Waals surface area contributed by atoms with Gasteiger partial charge in [-0.15, -0.1) is 0 Å². The number of hydrogen-bond donors (Lipinski definition) is 2. The number of rotatable bonds is 6. The minimum atomic E-state index is -3.54. The van der Waals surface area contributed by atoms with Gasteiger partial charge in [0.15, 0.2) is 0 Å². The number of para-hydroxylation sites is 1. The lowest BCUT2D eigenvalue weighted by Crippen LogP contribution is -2.47. The van der Waals surface area contributed by atoms with Crippen LogP contribution in [0.3, 0.4) is 0 Å². The van der Waals surface area contributed by atoms with Crippen LogP contribution in [-0.2, 0) is 26.0 Å². The molecule has 1 heterocycles. The molecule has 0 saturated heterocycles. The molecule has 0 fully saturated rings. The fourth-order valence-electron chi connectivity index (χ4n) is 2.71. The number of carbonyl (C=O) groups excluding carboxylic acids is 2. The Hall–Kier alpha value is -2.29. The molecule has 2 amide bonds. The number of carbonyl (C=O) groups is 2. The van der Waals surface area contributed by atoms with Gasteiger partial charge in [0.2, 0.25) is 15.9 Å². The molecule has 27 heavy (non-hydrogen) atoms. The van der Waals surface area contributed by atoms with E-state index in [1.807, 2.05) is 12.1 Å². The van der Waals surface area contributed by atoms with E-state index in [-0.39, 0.29) is 12.3 Å². The van der Waals surface area contributed by atoms with Gasteiger partial charge in [0.1, 0.15) is 11.6 Å². The molecule has 2 N–H and O–H groups in total. The Morgan fingerprint density at radius 1 is 1.26 bits per heavy atom. The first-order valence-electron chi connectivity index (χ1n) is 8.85. The molecule has 2 rings (SSSR count). The number of anilines is 1. The van der Waals surface area contributed by atoms with Crippen molar-refractivity contribution in [3.63, 3.8) is 0 Å². The van der Waals surface area contributed by atoms with Crippen LogP contribution < -0.4 is 14.9 Å². The highest BCUT2D eigenvalue weighted by atomic mass is 32.2. The lowest BCUT2D eigenvalue weighted by molar-refractivity contribution is -0.122. The van der Waals surface area contributed by atoms with Crippen molar-refractivity contribution in [2.24, 2.45) is 0 Å². The molecule has 0 saturated carbocycles. The second-order valence-corrected chi connectivity index (χ2v) is 9.44. The van der Waals surface area contributed by atoms with E-state index in [2.05, 4.69) is 10.6 Å². The first-order chi connectivity index (χ1) is 12.5. The van der Waals surface area contributed by atoms with Crippen LogP contribution in [0.4, 0.5) is 10.5 Å². The lowest BCUT2D eigenvalue weighted by atomic mass is 10.2. The molecular weight excluding hydrogens is 370 g/mol. The molecule has 0 bridgehead atoms. The van der Waals surface area contributed by atoms with E-state index in [4.69, 9.17) is 4.74 Å². The largest absolute Gasteiger partial charge is 0.444 e. The standard InChI is InChI=1S/C18H27N3O5S/c1-13(20-17(23)26-18(2,3)4)16(22)19-10-12-27(24,25)21-11-9-14-7-5-6-8-15(14)21/h5-8,13H,9-12H2,1-4H3,(H,19,22)(H,20,23)/t13-/m1/s1. The van der Waals surface area contributed by atoms with Crippen molar-refractivity contribution < 1.29 is 22.7 Å². The van der Waals surface area contributed by atoms with E-state index in [1.54, 1.807) is 32.9 Å². The van der Waals surface area contributed by atoms with Crippen molar-refractivity contribution in [2.45, 2.75) is 45.8 Å². The van der Waals surface area contributed by atoms with E-state index in [0.717, 1.165) is 5.56 Å². The first kappa shape index (κ1) is 21.0. The summed E-state index contributed by atoms with van der Waals surface area (Å²) in [6.07, 6.45) is -0.0232. The molecule has 1 aliphatic heterocycles. The summed E-state index contributed by atoms with van der Waals surface area (Å²) < 4.78 is 31.6. The van der Waals surface area contributed by atoms with Gasteiger partial charge in [-0.25, -0.2) is 13.2 Å². The van der Waals surface area contributed by atoms with Crippen LogP contribution >= 0.6 is 0 Å². The van der Waals surface area contributed by atoms with Crippen LogP contribution in [0.2, 0.25) is 0 Å². The summed E-state index contributed by atoms with van der Waals surface area (Å²) in [7, 11) is -3.54. The summed E-state index contributed by atoms with van der Waals surface area (Å²) in [5, 5.41) is 4.96. The van der Waals surface area contributed by atoms with Gasteiger partial charge in [0.05, 0.1) is 11.4 Å². The van der Waals surface area contributed by atoms with E-state index in [0.29, 0.717) is 18.7 Å². The Kier molecular flexibility index (Phi) is 6.35. The average Bonchev–Trinajstić information content (AvgIpc) is 2.97. The number of benzene rings is 1. The number of hydrogen-bond acceptors (Lipinski definition) is 5. The molecular formula is C18H27N3O5S. The van der Waals surface area contributed by atoms with Crippen molar-refractivity contribution in [3.8, 4) is 0 Å². The number of ether oxygens (including phenoxy) is 1. The number of nitrogens with zero attached hydrogens (tertiary/aromatic N) is 1. The monoisotopic (exact) mass is 397 g/mol. The lowest BCUT2D eigenvalue weighted by Gasteiger charge is -2.22. The Balaban J connectivity index is 1.83. The molecule has 1 aromatic carbocycles. The minimum absolute atomic E-state index is 0.0415. The highest BCUT2D eigenvalue weighted by Crippen LogP contribution is 2.29. The van der Waals surface area contributed by atoms with E-state index in [9.17, 15) is 18.0 Å². The highest BCUT2D eigenvalue weighted by molar-refractivity contribution is 7.92. The maximum absolute atomic E-state index is 12.6. The Labute approximate surface area is 160 Å². The quantitative estimate of drug-likeness (QED) is 0.755. The summed E-state index contributed by atoms with van der Waals surface area (Å²) in [6.45, 7) is 7.03. The van der Waals surface area contributed by atoms with Gasteiger partial charge in [0.25, 0.3) is 0 Å². The number of fused-ring (bicyclic) bond motifs is 1. The van der Waals surface area contributed by atoms with Gasteiger partial charge < -0.3 is 15.4 Å². The van der Waals surface area contributed by atoms with Crippen LogP contribution in [-0.4, -0.2) is 50.9 Å². The smallest absolute Gasteiger partial charge is 0.408 e. The maximum atomic E-state index is 12.6. The molecule has 0 aromatic heterocycles. The van der Waals surface area contributed by atoms with Crippen molar-refractivity contribution in [1.82, 2.24) is 10.6 Å². The Morgan fingerprint density at radius 3 is 2.59 bits per heavy atom. The summed E-state index contributed by atoms with van der Waals surface area (Å²) >= 11 is 0. The van der Waals surface area contributed by atoms with E-state index >= 15 is 0 Å². The van der Waals surface area contributed by atoms with Gasteiger partial charge in [0, 0.05) is 13.1 Å². The highest BCUT2D eigenvalue weighted by Gasteiger charge is 2.29. The summed E-state index contributed by atoms with van der Waals surface area (Å²) in [4.78, 5) is 23.7. The SMILES string of the molecule is C[C@@H](NC(=O)OC(C)(C)C)C(=O)NCCS(=O)(=O)N1CCc2ccccc21. The molecule has 0 unspecified atom stereocenters. The second kappa shape index (κ2) is 8.16. The molecule has 9 heteroatoms. The zero-order valence-electron chi connectivity index (χ0n) is 16.1. The molecule has 1 atom stereocenters. The van der Waals surface area contributed by atoms with E-state index < -0.39 is 33.7 Å². The third-order valence-corrected chi connectivity index (χ3v) is 5.74. The van der Waals surface area contributed by atoms with Crippen LogP contribution in [0.25, 0.3) is 0 Å². The Bertz CT molecular complexity index is 801. The predicted octanol–water partition coefficient (Wildman–Crippen LogP) is 1.41. The number of alkyl carbamates (subject to hydrolysis) is 1. The average molecular weight is 397 g/mol. The van der Waals surface area contributed by atoms with Crippen LogP contribution in [0.15, 0.2) is 24.3 Å². The molecule has 0 spiro atoms. The van der Waals surface area contributed by atoms with Crippen LogP contribution in [0, 0.1) is 0 Å². The maximum Gasteiger partial charge on any atom is 0.408 e. The molecule has 1 aromatic rings. The summed E-state index contributed by atoms with van der Waals surface area (Å²) in [5.74, 6) is -0.690. The van der Waals surface area contributed by atoms with Crippen molar-refractivity contribution in [3.05, 3.63) is 29.8 Å². The molecule has 150 valence electrons. The normalized spacial score (nSPS) is 15.0. The number of sulfonamides is 1. The third-order valence-electron chi connectivity index (χ3n) is 3.97. The Morgan fingerprint density at radius 2 is 1.93 bits per heavy atom. The van der Waals surface area contributed by atoms with Crippen LogP contribution in [0.1, 0.15) is 33.3 Å². The second-order valence-electron chi connectivity index (χ2n) is 7.43. The summed E-state index contributed by atoms with van der Waals surface area (Å²) in [5.41, 5.74) is 1.03. The van der Waals surface area contributed by atoms with Crippen molar-refractivity contribution in [2.75, 3.05) is 23.1 Å².